The van der Waals surface area contributed by atoms with Gasteiger partial charge in [0, 0.05) is 45.8 Å². The van der Waals surface area contributed by atoms with Crippen molar-refractivity contribution in [3.63, 3.8) is 0 Å². The molecule has 6 rings (SSSR count). The van der Waals surface area contributed by atoms with E-state index in [0.717, 1.165) is 57.1 Å². The SMILES string of the molecule is C=CCN(C)[C@H]1CC[C@H](O[C@H]2CCC[C@H](CC)OC(=O)C[C@@H]3C(=C[C@@H]4[C@H]3C=C[C@@H]3C[C@@H](O[C@@H]5OC(C)[C@H](OC)C(OC)[C@@H]5OC)C[C@@H]43)C(=O)[C@@H]2C)OC1C. The smallest absolute Gasteiger partial charge is 0.306 e. The number of nitrogens with zero attached hydrogens (tertiary/aromatic N) is 1. The number of hydrogen-bond acceptors (Lipinski definition) is 11. The predicted molar refractivity (Wildman–Crippen MR) is 203 cm³/mol. The van der Waals surface area contributed by atoms with E-state index in [9.17, 15) is 9.59 Å². The van der Waals surface area contributed by atoms with Gasteiger partial charge in [0.1, 0.15) is 24.4 Å². The first-order valence-corrected chi connectivity index (χ1v) is 20.7. The number of rotatable bonds is 11. The minimum atomic E-state index is -0.598. The van der Waals surface area contributed by atoms with Crippen LogP contribution in [0.5, 0.6) is 0 Å². The van der Waals surface area contributed by atoms with E-state index in [0.29, 0.717) is 12.3 Å². The summed E-state index contributed by atoms with van der Waals surface area (Å²) in [6, 6.07) is 0.286. The molecule has 0 radical (unpaired) electrons. The summed E-state index contributed by atoms with van der Waals surface area (Å²) in [4.78, 5) is 30.5. The number of carbonyl (C=O) groups excluding carboxylic acids is 2. The number of cyclic esters (lactones) is 1. The largest absolute Gasteiger partial charge is 0.462 e. The first kappa shape index (κ1) is 41.7. The molecule has 4 fully saturated rings. The number of methoxy groups -OCH3 is 3. The molecule has 0 aromatic heterocycles. The highest BCUT2D eigenvalue weighted by molar-refractivity contribution is 5.99. The number of ether oxygens (including phenoxy) is 8. The van der Waals surface area contributed by atoms with Crippen LogP contribution in [-0.2, 0) is 47.5 Å². The van der Waals surface area contributed by atoms with Crippen molar-refractivity contribution >= 4 is 11.8 Å². The molecule has 0 bridgehead atoms. The highest BCUT2D eigenvalue weighted by Crippen LogP contribution is 2.54. The zero-order valence-corrected chi connectivity index (χ0v) is 33.9. The normalized spacial score (nSPS) is 44.4. The molecule has 11 nitrogen and oxygen atoms in total. The molecule has 3 aliphatic carbocycles. The van der Waals surface area contributed by atoms with Crippen LogP contribution in [0.15, 0.2) is 36.5 Å². The number of fused-ring (bicyclic) bond motifs is 5. The summed E-state index contributed by atoms with van der Waals surface area (Å²) in [5.74, 6) is -0.0433. The van der Waals surface area contributed by atoms with E-state index in [1.807, 2.05) is 19.9 Å². The molecule has 0 spiro atoms. The van der Waals surface area contributed by atoms with Crippen LogP contribution in [0.1, 0.15) is 85.5 Å². The molecule has 3 heterocycles. The van der Waals surface area contributed by atoms with Crippen molar-refractivity contribution in [2.75, 3.05) is 34.9 Å². The van der Waals surface area contributed by atoms with Gasteiger partial charge in [0.15, 0.2) is 18.4 Å². The number of likely N-dealkylation sites (N-methyl/N-ethyl adjacent to an activating group) is 1. The third-order valence-corrected chi connectivity index (χ3v) is 13.6. The molecule has 3 saturated heterocycles. The Bertz CT molecular complexity index is 1350. The zero-order valence-electron chi connectivity index (χ0n) is 33.9. The van der Waals surface area contributed by atoms with E-state index in [4.69, 9.17) is 37.9 Å². The van der Waals surface area contributed by atoms with Crippen molar-refractivity contribution in [1.29, 1.82) is 0 Å². The van der Waals surface area contributed by atoms with Crippen LogP contribution in [0.3, 0.4) is 0 Å². The van der Waals surface area contributed by atoms with Gasteiger partial charge in [-0.3, -0.25) is 14.5 Å². The Labute approximate surface area is 323 Å². The van der Waals surface area contributed by atoms with Crippen LogP contribution >= 0.6 is 0 Å². The second-order valence-corrected chi connectivity index (χ2v) is 16.8. The average molecular weight is 758 g/mol. The second-order valence-electron chi connectivity index (χ2n) is 16.8. The highest BCUT2D eigenvalue weighted by atomic mass is 16.7. The summed E-state index contributed by atoms with van der Waals surface area (Å²) in [5, 5.41) is 0. The van der Waals surface area contributed by atoms with Crippen LogP contribution in [-0.4, -0.2) is 119 Å². The molecule has 304 valence electrons. The molecular formula is C43H67NO10. The minimum absolute atomic E-state index is 0.00373. The summed E-state index contributed by atoms with van der Waals surface area (Å²) in [5.41, 5.74) is 0.757. The third-order valence-electron chi connectivity index (χ3n) is 13.6. The van der Waals surface area contributed by atoms with E-state index in [2.05, 4.69) is 50.6 Å². The molecule has 0 N–H and O–H groups in total. The second kappa shape index (κ2) is 18.5. The molecule has 0 aromatic rings. The van der Waals surface area contributed by atoms with Crippen LogP contribution in [0.25, 0.3) is 0 Å². The molecule has 54 heavy (non-hydrogen) atoms. The third kappa shape index (κ3) is 8.79. The van der Waals surface area contributed by atoms with Crippen molar-refractivity contribution in [2.45, 2.75) is 153 Å². The predicted octanol–water partition coefficient (Wildman–Crippen LogP) is 6.04. The van der Waals surface area contributed by atoms with Crippen molar-refractivity contribution in [3.8, 4) is 0 Å². The summed E-state index contributed by atoms with van der Waals surface area (Å²) in [7, 11) is 7.08. The van der Waals surface area contributed by atoms with Gasteiger partial charge in [-0.15, -0.1) is 6.58 Å². The summed E-state index contributed by atoms with van der Waals surface area (Å²) >= 11 is 0. The number of allylic oxidation sites excluding steroid dienone is 4. The fraction of sp³-hybridized carbons (Fsp3) is 0.814. The van der Waals surface area contributed by atoms with E-state index < -0.39 is 12.4 Å². The Morgan fingerprint density at radius 1 is 0.889 bits per heavy atom. The van der Waals surface area contributed by atoms with Crippen molar-refractivity contribution in [1.82, 2.24) is 4.90 Å². The summed E-state index contributed by atoms with van der Waals surface area (Å²) < 4.78 is 49.7. The topological polar surface area (TPSA) is 111 Å². The molecule has 0 aromatic carbocycles. The van der Waals surface area contributed by atoms with Gasteiger partial charge in [0.2, 0.25) is 0 Å². The van der Waals surface area contributed by atoms with E-state index in [1.54, 1.807) is 21.3 Å². The van der Waals surface area contributed by atoms with Gasteiger partial charge in [0.05, 0.1) is 30.8 Å². The van der Waals surface area contributed by atoms with Gasteiger partial charge in [-0.25, -0.2) is 0 Å². The maximum Gasteiger partial charge on any atom is 0.306 e. The number of ketones is 1. The standard InChI is InChI=1S/C43H67NO10/c1-10-19-44(6)35-17-18-38(50-25(35)4)54-36-14-12-13-28(11-2)52-37(45)23-33-30-16-15-27-20-29(21-31(27)32(30)22-34(33)39(46)24(36)3)53-43-42(49-9)41(48-8)40(47-7)26(5)51-43/h10,15-16,22,24-33,35-36,38,40-43H,1,11-14,17-21,23H2,2-9H3/t24-,25?,26?,27-,28+,29-,30-,31-,32-,33+,35+,36+,38+,40+,41?,42+,43+/m1/s1. The lowest BCUT2D eigenvalue weighted by Crippen LogP contribution is -2.59. The molecule has 0 amide bonds. The Kier molecular flexibility index (Phi) is 14.3. The maximum absolute atomic E-state index is 14.7. The first-order chi connectivity index (χ1) is 26.0. The monoisotopic (exact) mass is 757 g/mol. The number of Topliss-reactive ketones (excluding diaryl/α,β-unsaturated/α-hetero) is 1. The number of hydrogen-bond donors (Lipinski definition) is 0. The fourth-order valence-electron chi connectivity index (χ4n) is 10.6. The lowest BCUT2D eigenvalue weighted by atomic mass is 9.70. The first-order valence-electron chi connectivity index (χ1n) is 20.7. The van der Waals surface area contributed by atoms with Gasteiger partial charge in [0.25, 0.3) is 0 Å². The lowest BCUT2D eigenvalue weighted by molar-refractivity contribution is -0.314. The van der Waals surface area contributed by atoms with E-state index in [-0.39, 0.29) is 103 Å². The van der Waals surface area contributed by atoms with Gasteiger partial charge in [-0.05, 0) is 102 Å². The number of carbonyl (C=O) groups is 2. The van der Waals surface area contributed by atoms with Crippen LogP contribution < -0.4 is 0 Å². The maximum atomic E-state index is 14.7. The summed E-state index contributed by atoms with van der Waals surface area (Å²) in [6.45, 7) is 12.9. The highest BCUT2D eigenvalue weighted by Gasteiger charge is 2.52. The molecule has 3 unspecified atom stereocenters. The van der Waals surface area contributed by atoms with Crippen LogP contribution in [0, 0.1) is 35.5 Å². The lowest BCUT2D eigenvalue weighted by Gasteiger charge is -2.44. The Morgan fingerprint density at radius 2 is 1.65 bits per heavy atom. The van der Waals surface area contributed by atoms with Gasteiger partial charge < -0.3 is 37.9 Å². The summed E-state index contributed by atoms with van der Waals surface area (Å²) in [6.07, 6.45) is 12.5. The molecule has 17 atom stereocenters. The average Bonchev–Trinajstić information content (AvgIpc) is 3.73. The quantitative estimate of drug-likeness (QED) is 0.182. The van der Waals surface area contributed by atoms with Gasteiger partial charge in [-0.1, -0.05) is 38.2 Å². The molecule has 6 aliphatic rings. The fourth-order valence-corrected chi connectivity index (χ4v) is 10.6. The molecule has 11 heteroatoms. The van der Waals surface area contributed by atoms with Crippen molar-refractivity contribution < 1.29 is 47.5 Å². The Balaban J connectivity index is 1.19. The Hall–Kier alpha value is -1.96. The Morgan fingerprint density at radius 3 is 2.33 bits per heavy atom. The van der Waals surface area contributed by atoms with E-state index >= 15 is 0 Å². The van der Waals surface area contributed by atoms with Crippen LogP contribution in [0.2, 0.25) is 0 Å². The van der Waals surface area contributed by atoms with Crippen molar-refractivity contribution in [2.24, 2.45) is 35.5 Å². The molecule has 3 aliphatic heterocycles. The number of esters is 1. The van der Waals surface area contributed by atoms with E-state index in [1.165, 1.54) is 0 Å². The molecule has 1 saturated carbocycles. The zero-order chi connectivity index (χ0) is 38.7. The van der Waals surface area contributed by atoms with Gasteiger partial charge >= 0.3 is 5.97 Å². The molecular weight excluding hydrogens is 690 g/mol. The van der Waals surface area contributed by atoms with Gasteiger partial charge in [-0.2, -0.15) is 0 Å². The van der Waals surface area contributed by atoms with Crippen molar-refractivity contribution in [3.05, 3.63) is 36.5 Å². The minimum Gasteiger partial charge on any atom is -0.462 e. The van der Waals surface area contributed by atoms with Crippen LogP contribution in [0.4, 0.5) is 0 Å².